The SMILES string of the molecule is O=C(COC(=O)CON=C1c2ccccc2-c2ccccc21)NCc1ccc2c(c1)OCO2. The van der Waals surface area contributed by atoms with Crippen molar-refractivity contribution in [1.82, 2.24) is 5.32 Å². The zero-order valence-corrected chi connectivity index (χ0v) is 17.6. The predicted octanol–water partition coefficient (Wildman–Crippen LogP) is 3.02. The quantitative estimate of drug-likeness (QED) is 0.348. The van der Waals surface area contributed by atoms with E-state index >= 15 is 0 Å². The van der Waals surface area contributed by atoms with Crippen LogP contribution in [0.5, 0.6) is 11.5 Å². The number of oxime groups is 1. The molecule has 166 valence electrons. The normalized spacial score (nSPS) is 12.5. The average molecular weight is 444 g/mol. The van der Waals surface area contributed by atoms with Gasteiger partial charge in [-0.05, 0) is 28.8 Å². The Kier molecular flexibility index (Phi) is 5.63. The fourth-order valence-corrected chi connectivity index (χ4v) is 3.73. The molecule has 3 aromatic rings. The number of nitrogens with one attached hydrogen (secondary N) is 1. The first kappa shape index (κ1) is 20.6. The molecule has 0 saturated heterocycles. The Morgan fingerprint density at radius 3 is 2.24 bits per heavy atom. The highest BCUT2D eigenvalue weighted by Crippen LogP contribution is 2.36. The summed E-state index contributed by atoms with van der Waals surface area (Å²) < 4.78 is 15.5. The second-order valence-electron chi connectivity index (χ2n) is 7.43. The van der Waals surface area contributed by atoms with Gasteiger partial charge in [-0.1, -0.05) is 59.8 Å². The van der Waals surface area contributed by atoms with E-state index in [1.165, 1.54) is 0 Å². The Labute approximate surface area is 189 Å². The first-order valence-corrected chi connectivity index (χ1v) is 10.4. The van der Waals surface area contributed by atoms with Crippen molar-refractivity contribution in [2.45, 2.75) is 6.54 Å². The number of amides is 1. The highest BCUT2D eigenvalue weighted by molar-refractivity contribution is 6.24. The van der Waals surface area contributed by atoms with Gasteiger partial charge in [0.15, 0.2) is 18.1 Å². The number of carbonyl (C=O) groups excluding carboxylic acids is 2. The Morgan fingerprint density at radius 1 is 0.848 bits per heavy atom. The van der Waals surface area contributed by atoms with Crippen LogP contribution in [0.15, 0.2) is 71.9 Å². The molecule has 0 atom stereocenters. The minimum Gasteiger partial charge on any atom is -0.454 e. The van der Waals surface area contributed by atoms with E-state index < -0.39 is 25.1 Å². The number of nitrogens with zero attached hydrogens (tertiary/aromatic N) is 1. The van der Waals surface area contributed by atoms with Crippen molar-refractivity contribution in [2.24, 2.45) is 5.16 Å². The Bertz CT molecular complexity index is 1210. The summed E-state index contributed by atoms with van der Waals surface area (Å²) in [4.78, 5) is 29.2. The minimum absolute atomic E-state index is 0.188. The summed E-state index contributed by atoms with van der Waals surface area (Å²) in [7, 11) is 0. The van der Waals surface area contributed by atoms with Crippen LogP contribution in [0.3, 0.4) is 0 Å². The fourth-order valence-electron chi connectivity index (χ4n) is 3.73. The molecule has 0 spiro atoms. The Balaban J connectivity index is 1.10. The van der Waals surface area contributed by atoms with Crippen LogP contribution in [0.4, 0.5) is 0 Å². The maximum Gasteiger partial charge on any atom is 0.347 e. The fraction of sp³-hybridized carbons (Fsp3) is 0.160. The van der Waals surface area contributed by atoms with Crippen LogP contribution >= 0.6 is 0 Å². The van der Waals surface area contributed by atoms with Crippen molar-refractivity contribution in [3.05, 3.63) is 83.4 Å². The van der Waals surface area contributed by atoms with E-state index in [2.05, 4.69) is 10.5 Å². The molecular formula is C25H20N2O6. The molecule has 0 fully saturated rings. The summed E-state index contributed by atoms with van der Waals surface area (Å²) in [5.41, 5.74) is 5.52. The highest BCUT2D eigenvalue weighted by Gasteiger charge is 2.24. The number of ether oxygens (including phenoxy) is 3. The molecule has 0 bridgehead atoms. The van der Waals surface area contributed by atoms with E-state index in [0.717, 1.165) is 27.8 Å². The molecule has 33 heavy (non-hydrogen) atoms. The lowest BCUT2D eigenvalue weighted by Gasteiger charge is -2.07. The zero-order chi connectivity index (χ0) is 22.6. The summed E-state index contributed by atoms with van der Waals surface area (Å²) in [6.07, 6.45) is 0. The molecule has 8 heteroatoms. The van der Waals surface area contributed by atoms with Crippen LogP contribution in [0.1, 0.15) is 16.7 Å². The molecule has 8 nitrogen and oxygen atoms in total. The van der Waals surface area contributed by atoms with Gasteiger partial charge >= 0.3 is 5.97 Å². The van der Waals surface area contributed by atoms with E-state index in [1.807, 2.05) is 54.6 Å². The molecule has 3 aromatic carbocycles. The minimum atomic E-state index is -0.683. The second kappa shape index (κ2) is 9.04. The van der Waals surface area contributed by atoms with Crippen molar-refractivity contribution in [1.29, 1.82) is 0 Å². The smallest absolute Gasteiger partial charge is 0.347 e. The molecule has 0 radical (unpaired) electrons. The number of benzene rings is 3. The van der Waals surface area contributed by atoms with Gasteiger partial charge in [0.05, 0.1) is 0 Å². The van der Waals surface area contributed by atoms with E-state index in [4.69, 9.17) is 19.0 Å². The molecule has 1 aliphatic carbocycles. The third-order valence-electron chi connectivity index (χ3n) is 5.28. The summed E-state index contributed by atoms with van der Waals surface area (Å²) in [6, 6.07) is 21.1. The maximum atomic E-state index is 12.0. The highest BCUT2D eigenvalue weighted by atomic mass is 16.7. The van der Waals surface area contributed by atoms with E-state index in [-0.39, 0.29) is 13.3 Å². The molecule has 1 aliphatic heterocycles. The van der Waals surface area contributed by atoms with Crippen LogP contribution in [-0.2, 0) is 25.7 Å². The van der Waals surface area contributed by atoms with Crippen LogP contribution in [0.2, 0.25) is 0 Å². The molecule has 0 unspecified atom stereocenters. The van der Waals surface area contributed by atoms with Gasteiger partial charge in [0, 0.05) is 17.7 Å². The molecule has 1 amide bonds. The lowest BCUT2D eigenvalue weighted by molar-refractivity contribution is -0.152. The monoisotopic (exact) mass is 444 g/mol. The summed E-state index contributed by atoms with van der Waals surface area (Å²) >= 11 is 0. The summed E-state index contributed by atoms with van der Waals surface area (Å²) in [6.45, 7) is -0.345. The molecule has 1 heterocycles. The third-order valence-corrected chi connectivity index (χ3v) is 5.28. The van der Waals surface area contributed by atoms with Gasteiger partial charge in [-0.25, -0.2) is 4.79 Å². The lowest BCUT2D eigenvalue weighted by Crippen LogP contribution is -2.29. The number of rotatable bonds is 7. The molecule has 0 saturated carbocycles. The topological polar surface area (TPSA) is 95.5 Å². The number of carbonyl (C=O) groups is 2. The predicted molar refractivity (Wildman–Crippen MR) is 119 cm³/mol. The Hall–Kier alpha value is -4.33. The number of hydrogen-bond donors (Lipinski definition) is 1. The van der Waals surface area contributed by atoms with Gasteiger partial charge in [-0.2, -0.15) is 0 Å². The first-order valence-electron chi connectivity index (χ1n) is 10.4. The van der Waals surface area contributed by atoms with Crippen molar-refractivity contribution < 1.29 is 28.6 Å². The molecule has 2 aliphatic rings. The van der Waals surface area contributed by atoms with Gasteiger partial charge in [-0.3, -0.25) is 4.79 Å². The number of hydrogen-bond acceptors (Lipinski definition) is 7. The second-order valence-corrected chi connectivity index (χ2v) is 7.43. The van der Waals surface area contributed by atoms with Crippen LogP contribution in [0, 0.1) is 0 Å². The van der Waals surface area contributed by atoms with Gasteiger partial charge in [0.2, 0.25) is 13.4 Å². The zero-order valence-electron chi connectivity index (χ0n) is 17.6. The number of fused-ring (bicyclic) bond motifs is 4. The molecule has 1 N–H and O–H groups in total. The van der Waals surface area contributed by atoms with E-state index in [9.17, 15) is 9.59 Å². The Morgan fingerprint density at radius 2 is 1.52 bits per heavy atom. The summed E-state index contributed by atoms with van der Waals surface area (Å²) in [5.74, 6) is 0.203. The number of esters is 1. The first-order chi connectivity index (χ1) is 16.2. The molecular weight excluding hydrogens is 424 g/mol. The van der Waals surface area contributed by atoms with Gasteiger partial charge < -0.3 is 24.4 Å². The van der Waals surface area contributed by atoms with E-state index in [1.54, 1.807) is 12.1 Å². The van der Waals surface area contributed by atoms with Crippen LogP contribution in [-0.4, -0.2) is 37.6 Å². The third kappa shape index (κ3) is 4.36. The van der Waals surface area contributed by atoms with E-state index in [0.29, 0.717) is 17.2 Å². The standard InChI is InChI=1S/C25H20N2O6/c28-23(26-12-16-9-10-21-22(11-16)32-15-31-21)13-30-24(29)14-33-27-25-19-7-3-1-5-17(19)18-6-2-4-8-20(18)25/h1-11H,12-15H2,(H,26,28). The summed E-state index contributed by atoms with van der Waals surface area (Å²) in [5, 5.41) is 6.86. The van der Waals surface area contributed by atoms with Crippen LogP contribution in [0.25, 0.3) is 11.1 Å². The lowest BCUT2D eigenvalue weighted by atomic mass is 10.1. The average Bonchev–Trinajstić information content (AvgIpc) is 3.44. The molecule has 0 aromatic heterocycles. The molecule has 5 rings (SSSR count). The van der Waals surface area contributed by atoms with Gasteiger partial charge in [0.1, 0.15) is 5.71 Å². The van der Waals surface area contributed by atoms with Crippen molar-refractivity contribution >= 4 is 17.6 Å². The maximum absolute atomic E-state index is 12.0. The van der Waals surface area contributed by atoms with Crippen molar-refractivity contribution in [2.75, 3.05) is 20.0 Å². The largest absolute Gasteiger partial charge is 0.454 e. The van der Waals surface area contributed by atoms with Crippen molar-refractivity contribution in [3.8, 4) is 22.6 Å². The van der Waals surface area contributed by atoms with Gasteiger partial charge in [-0.15, -0.1) is 0 Å². The van der Waals surface area contributed by atoms with Gasteiger partial charge in [0.25, 0.3) is 5.91 Å². The van der Waals surface area contributed by atoms with Crippen molar-refractivity contribution in [3.63, 3.8) is 0 Å². The van der Waals surface area contributed by atoms with Crippen LogP contribution < -0.4 is 14.8 Å².